The smallest absolute Gasteiger partial charge is 0.408 e. The Morgan fingerprint density at radius 3 is 2.46 bits per heavy atom. The minimum atomic E-state index is -0.516. The zero-order valence-electron chi connectivity index (χ0n) is 19.2. The summed E-state index contributed by atoms with van der Waals surface area (Å²) in [6.07, 6.45) is 5.74. The summed E-state index contributed by atoms with van der Waals surface area (Å²) >= 11 is 0. The molecule has 0 atom stereocenters. The first-order valence-corrected chi connectivity index (χ1v) is 11.9. The number of rotatable bonds is 6. The lowest BCUT2D eigenvalue weighted by molar-refractivity contribution is 0.0926. The van der Waals surface area contributed by atoms with Gasteiger partial charge in [-0.2, -0.15) is 0 Å². The number of ketones is 1. The summed E-state index contributed by atoms with van der Waals surface area (Å²) in [6.45, 7) is 3.47. The third kappa shape index (κ3) is 4.54. The normalized spacial score (nSPS) is 16.5. The molecule has 0 amide bonds. The van der Waals surface area contributed by atoms with E-state index in [1.165, 1.54) is 11.1 Å². The highest BCUT2D eigenvalue weighted by Crippen LogP contribution is 2.24. The number of benzene rings is 2. The van der Waals surface area contributed by atoms with Crippen molar-refractivity contribution in [2.24, 2.45) is 0 Å². The van der Waals surface area contributed by atoms with Crippen LogP contribution in [0.1, 0.15) is 21.5 Å². The molecule has 0 spiro atoms. The second-order valence-corrected chi connectivity index (χ2v) is 9.19. The monoisotopic (exact) mass is 470 g/mol. The number of oxazole rings is 1. The number of nitrogens with one attached hydrogen (secondary N) is 2. The Labute approximate surface area is 201 Å². The van der Waals surface area contributed by atoms with E-state index in [0.717, 1.165) is 44.7 Å². The Kier molecular flexibility index (Phi) is 5.54. The average molecular weight is 471 g/mol. The van der Waals surface area contributed by atoms with E-state index < -0.39 is 5.76 Å². The van der Waals surface area contributed by atoms with Crippen molar-refractivity contribution in [2.75, 3.05) is 42.9 Å². The van der Waals surface area contributed by atoms with E-state index in [1.807, 2.05) is 12.4 Å². The van der Waals surface area contributed by atoms with Gasteiger partial charge >= 0.3 is 5.76 Å². The fourth-order valence-corrected chi connectivity index (χ4v) is 4.98. The first-order valence-electron chi connectivity index (χ1n) is 11.9. The maximum absolute atomic E-state index is 12.8. The largest absolute Gasteiger partial charge is 0.417 e. The van der Waals surface area contributed by atoms with Gasteiger partial charge < -0.3 is 14.6 Å². The molecule has 1 aliphatic carbocycles. The van der Waals surface area contributed by atoms with Gasteiger partial charge in [-0.3, -0.25) is 14.7 Å². The SMILES string of the molecule is O=C(CN1CCN(c2cnc(NC3Cc4ccccc4C3)nc2)CC1)c1ccc2[nH]c(=O)oc2c1. The van der Waals surface area contributed by atoms with Crippen molar-refractivity contribution in [1.29, 1.82) is 0 Å². The third-order valence-corrected chi connectivity index (χ3v) is 6.87. The number of anilines is 2. The number of Topliss-reactive ketones (excluding diaryl/α,β-unsaturated/α-hetero) is 1. The molecular formula is C26H26N6O3. The maximum Gasteiger partial charge on any atom is 0.417 e. The number of carbonyl (C=O) groups is 1. The third-order valence-electron chi connectivity index (χ3n) is 6.87. The number of piperazine rings is 1. The summed E-state index contributed by atoms with van der Waals surface area (Å²) in [4.78, 5) is 40.2. The molecule has 0 unspecified atom stereocenters. The second kappa shape index (κ2) is 8.99. The van der Waals surface area contributed by atoms with Crippen molar-refractivity contribution < 1.29 is 9.21 Å². The summed E-state index contributed by atoms with van der Waals surface area (Å²) in [6, 6.07) is 13.9. The Hall–Kier alpha value is -3.98. The van der Waals surface area contributed by atoms with Crippen molar-refractivity contribution in [1.82, 2.24) is 19.9 Å². The van der Waals surface area contributed by atoms with Gasteiger partial charge in [0.25, 0.3) is 0 Å². The average Bonchev–Trinajstić information content (AvgIpc) is 3.46. The number of aromatic nitrogens is 3. The molecule has 2 aliphatic rings. The van der Waals surface area contributed by atoms with Gasteiger partial charge in [0.05, 0.1) is 30.1 Å². The molecule has 35 heavy (non-hydrogen) atoms. The number of H-pyrrole nitrogens is 1. The van der Waals surface area contributed by atoms with E-state index in [1.54, 1.807) is 18.2 Å². The number of nitrogens with zero attached hydrogens (tertiary/aromatic N) is 4. The van der Waals surface area contributed by atoms with Crippen LogP contribution in [0.25, 0.3) is 11.1 Å². The van der Waals surface area contributed by atoms with Gasteiger partial charge in [0.15, 0.2) is 11.4 Å². The summed E-state index contributed by atoms with van der Waals surface area (Å²) in [7, 11) is 0. The van der Waals surface area contributed by atoms with Crippen LogP contribution in [-0.2, 0) is 12.8 Å². The van der Waals surface area contributed by atoms with E-state index in [9.17, 15) is 9.59 Å². The van der Waals surface area contributed by atoms with Gasteiger partial charge in [0, 0.05) is 37.8 Å². The molecule has 0 radical (unpaired) electrons. The summed E-state index contributed by atoms with van der Waals surface area (Å²) in [5.41, 5.74) is 5.33. The molecule has 6 rings (SSSR count). The summed E-state index contributed by atoms with van der Waals surface area (Å²) in [5.74, 6) is 0.153. The molecule has 4 aromatic rings. The van der Waals surface area contributed by atoms with Crippen molar-refractivity contribution in [3.63, 3.8) is 0 Å². The minimum absolute atomic E-state index is 0.0111. The highest BCUT2D eigenvalue weighted by atomic mass is 16.4. The van der Waals surface area contributed by atoms with Crippen molar-refractivity contribution in [2.45, 2.75) is 18.9 Å². The van der Waals surface area contributed by atoms with Crippen molar-refractivity contribution in [3.8, 4) is 0 Å². The van der Waals surface area contributed by atoms with Gasteiger partial charge in [-0.1, -0.05) is 24.3 Å². The Bertz CT molecular complexity index is 1390. The molecule has 2 N–H and O–H groups in total. The number of carbonyl (C=O) groups excluding carboxylic acids is 1. The quantitative estimate of drug-likeness (QED) is 0.414. The van der Waals surface area contributed by atoms with Gasteiger partial charge in [-0.15, -0.1) is 0 Å². The van der Waals surface area contributed by atoms with E-state index in [-0.39, 0.29) is 5.78 Å². The lowest BCUT2D eigenvalue weighted by atomic mass is 10.1. The van der Waals surface area contributed by atoms with E-state index in [4.69, 9.17) is 4.42 Å². The molecule has 2 aromatic carbocycles. The predicted molar refractivity (Wildman–Crippen MR) is 133 cm³/mol. The van der Waals surface area contributed by atoms with Crippen LogP contribution < -0.4 is 16.0 Å². The molecule has 0 saturated carbocycles. The molecule has 1 aliphatic heterocycles. The summed E-state index contributed by atoms with van der Waals surface area (Å²) < 4.78 is 5.07. The van der Waals surface area contributed by atoms with Crippen LogP contribution in [-0.4, -0.2) is 64.4 Å². The minimum Gasteiger partial charge on any atom is -0.408 e. The number of aromatic amines is 1. The standard InChI is InChI=1S/C26H26N6O3/c33-23(19-5-6-22-24(13-19)35-26(34)30-22)16-31-7-9-32(10-8-31)21-14-27-25(28-15-21)29-20-11-17-3-1-2-4-18(17)12-20/h1-6,13-15,20H,7-12,16H2,(H,30,34)(H,27,28,29). The Morgan fingerprint density at radius 2 is 1.74 bits per heavy atom. The number of hydrogen-bond acceptors (Lipinski definition) is 8. The van der Waals surface area contributed by atoms with Crippen LogP contribution in [0.2, 0.25) is 0 Å². The molecule has 2 aromatic heterocycles. The van der Waals surface area contributed by atoms with Crippen LogP contribution in [0.4, 0.5) is 11.6 Å². The van der Waals surface area contributed by atoms with Crippen molar-refractivity contribution in [3.05, 3.63) is 82.1 Å². The number of fused-ring (bicyclic) bond motifs is 2. The molecule has 1 saturated heterocycles. The fourth-order valence-electron chi connectivity index (χ4n) is 4.98. The Balaban J connectivity index is 1.01. The first-order chi connectivity index (χ1) is 17.1. The second-order valence-electron chi connectivity index (χ2n) is 9.19. The predicted octanol–water partition coefficient (Wildman–Crippen LogP) is 2.50. The lowest BCUT2D eigenvalue weighted by Gasteiger charge is -2.35. The van der Waals surface area contributed by atoms with Gasteiger partial charge in [0.1, 0.15) is 0 Å². The van der Waals surface area contributed by atoms with Crippen molar-refractivity contribution >= 4 is 28.5 Å². The zero-order chi connectivity index (χ0) is 23.8. The molecule has 9 heteroatoms. The maximum atomic E-state index is 12.8. The van der Waals surface area contributed by atoms with E-state index >= 15 is 0 Å². The Morgan fingerprint density at radius 1 is 1.03 bits per heavy atom. The van der Waals surface area contributed by atoms with Gasteiger partial charge in [0.2, 0.25) is 5.95 Å². The van der Waals surface area contributed by atoms with Gasteiger partial charge in [-0.05, 0) is 42.2 Å². The fraction of sp³-hybridized carbons (Fsp3) is 0.308. The van der Waals surface area contributed by atoms with Crippen LogP contribution in [0, 0.1) is 0 Å². The molecule has 1 fully saturated rings. The topological polar surface area (TPSA) is 107 Å². The molecular weight excluding hydrogens is 444 g/mol. The lowest BCUT2D eigenvalue weighted by Crippen LogP contribution is -2.48. The molecule has 9 nitrogen and oxygen atoms in total. The molecule has 3 heterocycles. The van der Waals surface area contributed by atoms with Crippen LogP contribution in [0.15, 0.2) is 64.1 Å². The number of hydrogen-bond donors (Lipinski definition) is 2. The first kappa shape index (κ1) is 21.5. The van der Waals surface area contributed by atoms with E-state index in [0.29, 0.717) is 35.2 Å². The highest BCUT2D eigenvalue weighted by Gasteiger charge is 2.23. The molecule has 0 bridgehead atoms. The van der Waals surface area contributed by atoms with Crippen LogP contribution >= 0.6 is 0 Å². The van der Waals surface area contributed by atoms with Gasteiger partial charge in [-0.25, -0.2) is 14.8 Å². The molecule has 178 valence electrons. The van der Waals surface area contributed by atoms with E-state index in [2.05, 4.69) is 54.3 Å². The summed E-state index contributed by atoms with van der Waals surface area (Å²) in [5, 5.41) is 3.46. The van der Waals surface area contributed by atoms with Crippen LogP contribution in [0.5, 0.6) is 0 Å². The highest BCUT2D eigenvalue weighted by molar-refractivity contribution is 5.99. The zero-order valence-corrected chi connectivity index (χ0v) is 19.2. The van der Waals surface area contributed by atoms with Crippen LogP contribution in [0.3, 0.4) is 0 Å².